The van der Waals surface area contributed by atoms with E-state index in [0.29, 0.717) is 5.88 Å². The summed E-state index contributed by atoms with van der Waals surface area (Å²) in [6.07, 6.45) is 2.91. The van der Waals surface area contributed by atoms with E-state index in [1.54, 1.807) is 0 Å². The maximum Gasteiger partial charge on any atom is 0.253 e. The van der Waals surface area contributed by atoms with E-state index in [1.165, 1.54) is 23.2 Å². The second-order valence-corrected chi connectivity index (χ2v) is 1.81. The molecule has 48 valence electrons. The first kappa shape index (κ1) is 6.35. The Hall–Kier alpha value is -0.770. The molecule has 1 aromatic heterocycles. The largest absolute Gasteiger partial charge is 0.290 e. The molecule has 1 heterocycles. The lowest BCUT2D eigenvalue weighted by atomic mass is 10.6. The second kappa shape index (κ2) is 2.68. The SMILES string of the molecule is O=c1ccncn1CS. The molecule has 3 nitrogen and oxygen atoms in total. The van der Waals surface area contributed by atoms with E-state index in [0.717, 1.165) is 0 Å². The van der Waals surface area contributed by atoms with Gasteiger partial charge < -0.3 is 0 Å². The minimum atomic E-state index is -0.0694. The van der Waals surface area contributed by atoms with Crippen molar-refractivity contribution in [1.29, 1.82) is 0 Å². The van der Waals surface area contributed by atoms with E-state index >= 15 is 0 Å². The van der Waals surface area contributed by atoms with Gasteiger partial charge in [0.25, 0.3) is 5.56 Å². The van der Waals surface area contributed by atoms with Crippen LogP contribution in [0.4, 0.5) is 0 Å². The van der Waals surface area contributed by atoms with Gasteiger partial charge in [0.2, 0.25) is 0 Å². The van der Waals surface area contributed by atoms with Crippen molar-refractivity contribution in [1.82, 2.24) is 9.55 Å². The van der Waals surface area contributed by atoms with Gasteiger partial charge in [-0.1, -0.05) is 0 Å². The topological polar surface area (TPSA) is 34.9 Å². The standard InChI is InChI=1S/C5H6N2OS/c8-5-1-2-6-3-7(5)4-9/h1-3,9H,4H2. The van der Waals surface area contributed by atoms with E-state index < -0.39 is 0 Å². The Morgan fingerprint density at radius 1 is 1.78 bits per heavy atom. The summed E-state index contributed by atoms with van der Waals surface area (Å²) in [6, 6.07) is 1.40. The maximum atomic E-state index is 10.7. The van der Waals surface area contributed by atoms with Crippen molar-refractivity contribution < 1.29 is 0 Å². The third kappa shape index (κ3) is 1.32. The molecule has 0 saturated heterocycles. The van der Waals surface area contributed by atoms with Gasteiger partial charge in [-0.25, -0.2) is 4.98 Å². The molecule has 0 fully saturated rings. The first-order valence-electron chi connectivity index (χ1n) is 2.46. The Labute approximate surface area is 57.8 Å². The van der Waals surface area contributed by atoms with Gasteiger partial charge in [-0.05, 0) is 0 Å². The molecule has 0 atom stereocenters. The van der Waals surface area contributed by atoms with Crippen molar-refractivity contribution in [2.24, 2.45) is 0 Å². The molecule has 0 amide bonds. The fourth-order valence-corrected chi connectivity index (χ4v) is 0.697. The number of nitrogens with zero attached hydrogens (tertiary/aromatic N) is 2. The monoisotopic (exact) mass is 142 g/mol. The van der Waals surface area contributed by atoms with Crippen LogP contribution in [0.5, 0.6) is 0 Å². The molecule has 9 heavy (non-hydrogen) atoms. The molecule has 0 bridgehead atoms. The van der Waals surface area contributed by atoms with Crippen LogP contribution in [0.2, 0.25) is 0 Å². The Morgan fingerprint density at radius 3 is 3.00 bits per heavy atom. The lowest BCUT2D eigenvalue weighted by Gasteiger charge is -1.94. The third-order valence-corrected chi connectivity index (χ3v) is 1.25. The lowest BCUT2D eigenvalue weighted by Crippen LogP contribution is -2.16. The van der Waals surface area contributed by atoms with Crippen LogP contribution < -0.4 is 5.56 Å². The summed E-state index contributed by atoms with van der Waals surface area (Å²) in [5, 5.41) is 0. The van der Waals surface area contributed by atoms with E-state index in [-0.39, 0.29) is 5.56 Å². The van der Waals surface area contributed by atoms with Crippen molar-refractivity contribution >= 4 is 12.6 Å². The third-order valence-electron chi connectivity index (χ3n) is 0.945. The lowest BCUT2D eigenvalue weighted by molar-refractivity contribution is 0.810. The van der Waals surface area contributed by atoms with Gasteiger partial charge in [-0.3, -0.25) is 9.36 Å². The normalized spacial score (nSPS) is 9.44. The zero-order valence-electron chi connectivity index (χ0n) is 4.69. The number of thiol groups is 1. The Balaban J connectivity index is 3.16. The quantitative estimate of drug-likeness (QED) is 0.566. The van der Waals surface area contributed by atoms with Gasteiger partial charge in [0.05, 0.1) is 12.2 Å². The summed E-state index contributed by atoms with van der Waals surface area (Å²) in [4.78, 5) is 14.5. The molecule has 0 unspecified atom stereocenters. The molecule has 0 N–H and O–H groups in total. The number of aromatic nitrogens is 2. The van der Waals surface area contributed by atoms with Gasteiger partial charge in [-0.2, -0.15) is 12.6 Å². The number of rotatable bonds is 1. The molecule has 0 aliphatic carbocycles. The summed E-state index contributed by atoms with van der Waals surface area (Å²) in [5.41, 5.74) is -0.0694. The number of hydrogen-bond acceptors (Lipinski definition) is 3. The van der Waals surface area contributed by atoms with Crippen LogP contribution in [0.15, 0.2) is 23.4 Å². The van der Waals surface area contributed by atoms with Gasteiger partial charge >= 0.3 is 0 Å². The summed E-state index contributed by atoms with van der Waals surface area (Å²) in [6.45, 7) is 0. The van der Waals surface area contributed by atoms with Crippen molar-refractivity contribution in [3.05, 3.63) is 28.9 Å². The molecule has 1 rings (SSSR count). The molecule has 0 aliphatic rings. The Morgan fingerprint density at radius 2 is 2.56 bits per heavy atom. The van der Waals surface area contributed by atoms with E-state index in [1.807, 2.05) is 0 Å². The fourth-order valence-electron chi connectivity index (χ4n) is 0.485. The zero-order valence-corrected chi connectivity index (χ0v) is 5.58. The highest BCUT2D eigenvalue weighted by Crippen LogP contribution is 1.79. The summed E-state index contributed by atoms with van der Waals surface area (Å²) in [7, 11) is 0. The minimum absolute atomic E-state index is 0.0694. The highest BCUT2D eigenvalue weighted by Gasteiger charge is 1.86. The number of hydrogen-bond donors (Lipinski definition) is 1. The van der Waals surface area contributed by atoms with Crippen molar-refractivity contribution in [3.63, 3.8) is 0 Å². The van der Waals surface area contributed by atoms with Crippen LogP contribution in [-0.2, 0) is 5.88 Å². The van der Waals surface area contributed by atoms with Crippen LogP contribution in [0.25, 0.3) is 0 Å². The summed E-state index contributed by atoms with van der Waals surface area (Å²) < 4.78 is 1.41. The smallest absolute Gasteiger partial charge is 0.253 e. The molecule has 0 radical (unpaired) electrons. The van der Waals surface area contributed by atoms with Gasteiger partial charge in [0, 0.05) is 12.3 Å². The van der Waals surface area contributed by atoms with E-state index in [2.05, 4.69) is 17.6 Å². The molecule has 0 aliphatic heterocycles. The molecule has 0 aromatic carbocycles. The molecule has 4 heteroatoms. The molecule has 1 aromatic rings. The van der Waals surface area contributed by atoms with Crippen molar-refractivity contribution in [2.75, 3.05) is 0 Å². The van der Waals surface area contributed by atoms with Crippen LogP contribution in [0.3, 0.4) is 0 Å². The average Bonchev–Trinajstić information content (AvgIpc) is 1.89. The Bertz CT molecular complexity index is 245. The fraction of sp³-hybridized carbons (Fsp3) is 0.200. The summed E-state index contributed by atoms with van der Waals surface area (Å²) >= 11 is 3.90. The van der Waals surface area contributed by atoms with Crippen LogP contribution >= 0.6 is 12.6 Å². The van der Waals surface area contributed by atoms with Crippen molar-refractivity contribution in [3.8, 4) is 0 Å². The molecule has 0 saturated carbocycles. The maximum absolute atomic E-state index is 10.7. The Kier molecular flexibility index (Phi) is 1.89. The summed E-state index contributed by atoms with van der Waals surface area (Å²) in [5.74, 6) is 0.382. The van der Waals surface area contributed by atoms with Gasteiger partial charge in [0.15, 0.2) is 0 Å². The van der Waals surface area contributed by atoms with Crippen LogP contribution in [0, 0.1) is 0 Å². The first-order valence-corrected chi connectivity index (χ1v) is 3.09. The van der Waals surface area contributed by atoms with Gasteiger partial charge in [0.1, 0.15) is 0 Å². The zero-order chi connectivity index (χ0) is 6.69. The van der Waals surface area contributed by atoms with Crippen LogP contribution in [-0.4, -0.2) is 9.55 Å². The molecule has 0 spiro atoms. The van der Waals surface area contributed by atoms with E-state index in [9.17, 15) is 4.79 Å². The highest BCUT2D eigenvalue weighted by atomic mass is 32.1. The van der Waals surface area contributed by atoms with Gasteiger partial charge in [-0.15, -0.1) is 0 Å². The predicted molar refractivity (Wildman–Crippen MR) is 37.5 cm³/mol. The highest BCUT2D eigenvalue weighted by molar-refractivity contribution is 7.79. The first-order chi connectivity index (χ1) is 4.34. The predicted octanol–water partition coefficient (Wildman–Crippen LogP) is 0.131. The van der Waals surface area contributed by atoms with E-state index in [4.69, 9.17) is 0 Å². The molecular weight excluding hydrogens is 136 g/mol. The average molecular weight is 142 g/mol. The second-order valence-electron chi connectivity index (χ2n) is 1.53. The van der Waals surface area contributed by atoms with Crippen LogP contribution in [0.1, 0.15) is 0 Å². The van der Waals surface area contributed by atoms with Crippen molar-refractivity contribution in [2.45, 2.75) is 5.88 Å². The minimum Gasteiger partial charge on any atom is -0.290 e. The molecular formula is C5H6N2OS.